The zero-order valence-corrected chi connectivity index (χ0v) is 10.5. The Morgan fingerprint density at radius 3 is 2.65 bits per heavy atom. The molecule has 0 nitrogen and oxygen atoms in total. The number of fused-ring (bicyclic) bond motifs is 1. The molecule has 0 amide bonds. The summed E-state index contributed by atoms with van der Waals surface area (Å²) in [5.74, 6) is 0. The molecule has 17 heavy (non-hydrogen) atoms. The first-order valence-corrected chi connectivity index (χ1v) is 6.22. The fraction of sp³-hybridized carbons (Fsp3) is 0. The van der Waals surface area contributed by atoms with E-state index in [1.165, 1.54) is 20.5 Å². The number of hydrogen-bond donors (Lipinski definition) is 0. The Morgan fingerprint density at radius 2 is 1.94 bits per heavy atom. The molecule has 1 aromatic heterocycles. The van der Waals surface area contributed by atoms with E-state index in [4.69, 9.17) is 0 Å². The van der Waals surface area contributed by atoms with Crippen molar-refractivity contribution in [2.24, 2.45) is 0 Å². The van der Waals surface area contributed by atoms with Gasteiger partial charge in [-0.25, -0.2) is 0 Å². The highest BCUT2D eigenvalue weighted by Gasteiger charge is 2.09. The summed E-state index contributed by atoms with van der Waals surface area (Å²) in [6.45, 7) is 11.7. The largest absolute Gasteiger partial charge is 0.135 e. The molecule has 84 valence electrons. The molecule has 0 unspecified atom stereocenters. The number of benzene rings is 1. The summed E-state index contributed by atoms with van der Waals surface area (Å²) in [6, 6.07) is 8.35. The van der Waals surface area contributed by atoms with Crippen molar-refractivity contribution in [3.8, 4) is 0 Å². The molecule has 0 aliphatic heterocycles. The van der Waals surface area contributed by atoms with Gasteiger partial charge in [-0.3, -0.25) is 0 Å². The molecule has 0 N–H and O–H groups in total. The van der Waals surface area contributed by atoms with Crippen LogP contribution in [-0.2, 0) is 0 Å². The van der Waals surface area contributed by atoms with Crippen molar-refractivity contribution in [2.75, 3.05) is 0 Å². The molecule has 2 rings (SSSR count). The van der Waals surface area contributed by atoms with E-state index in [2.05, 4.69) is 37.9 Å². The van der Waals surface area contributed by atoms with Gasteiger partial charge in [-0.2, -0.15) is 0 Å². The zero-order chi connectivity index (χ0) is 12.3. The Hall–Kier alpha value is -1.86. The minimum Gasteiger partial charge on any atom is -0.135 e. The highest BCUT2D eigenvalue weighted by molar-refractivity contribution is 7.20. The molecular formula is C16H14S. The summed E-state index contributed by atoms with van der Waals surface area (Å²) in [5.41, 5.74) is 2.17. The highest BCUT2D eigenvalue weighted by atomic mass is 32.1. The van der Waals surface area contributed by atoms with E-state index in [1.54, 1.807) is 17.4 Å². The lowest BCUT2D eigenvalue weighted by Gasteiger charge is -1.98. The fourth-order valence-corrected chi connectivity index (χ4v) is 2.92. The normalized spacial score (nSPS) is 10.8. The van der Waals surface area contributed by atoms with Gasteiger partial charge in [0, 0.05) is 20.5 Å². The van der Waals surface area contributed by atoms with Crippen molar-refractivity contribution in [2.45, 2.75) is 0 Å². The van der Waals surface area contributed by atoms with E-state index in [0.29, 0.717) is 0 Å². The number of rotatable bonds is 4. The predicted molar refractivity (Wildman–Crippen MR) is 80.3 cm³/mol. The van der Waals surface area contributed by atoms with Crippen molar-refractivity contribution in [1.82, 2.24) is 0 Å². The van der Waals surface area contributed by atoms with E-state index in [-0.39, 0.29) is 0 Å². The van der Waals surface area contributed by atoms with Gasteiger partial charge in [-0.15, -0.1) is 11.3 Å². The first-order chi connectivity index (χ1) is 8.27. The second-order valence-corrected chi connectivity index (χ2v) is 4.72. The second-order valence-electron chi connectivity index (χ2n) is 3.67. The first kappa shape index (κ1) is 11.6. The van der Waals surface area contributed by atoms with Crippen LogP contribution in [0, 0.1) is 0 Å². The van der Waals surface area contributed by atoms with Gasteiger partial charge in [0.2, 0.25) is 0 Å². The van der Waals surface area contributed by atoms with Gasteiger partial charge in [0.05, 0.1) is 0 Å². The van der Waals surface area contributed by atoms with Crippen molar-refractivity contribution in [3.05, 3.63) is 72.7 Å². The lowest BCUT2D eigenvalue weighted by Crippen LogP contribution is -1.77. The Bertz CT molecular complexity index is 611. The van der Waals surface area contributed by atoms with Crippen molar-refractivity contribution in [3.63, 3.8) is 0 Å². The number of thiophene rings is 1. The lowest BCUT2D eigenvalue weighted by atomic mass is 10.1. The molecule has 0 aliphatic rings. The molecule has 2 aromatic rings. The second kappa shape index (κ2) is 4.98. The fourth-order valence-electron chi connectivity index (χ4n) is 1.77. The quantitative estimate of drug-likeness (QED) is 0.634. The maximum Gasteiger partial charge on any atom is 0.0421 e. The van der Waals surface area contributed by atoms with Crippen molar-refractivity contribution in [1.29, 1.82) is 0 Å². The van der Waals surface area contributed by atoms with Crippen LogP contribution >= 0.6 is 11.3 Å². The maximum atomic E-state index is 4.09. The van der Waals surface area contributed by atoms with Crippen molar-refractivity contribution < 1.29 is 0 Å². The van der Waals surface area contributed by atoms with Crippen LogP contribution in [0.15, 0.2) is 62.2 Å². The molecule has 0 aliphatic carbocycles. The summed E-state index contributed by atoms with van der Waals surface area (Å²) in [4.78, 5) is 1.18. The van der Waals surface area contributed by atoms with Crippen molar-refractivity contribution >= 4 is 33.1 Å². The van der Waals surface area contributed by atoms with Gasteiger partial charge < -0.3 is 0 Å². The summed E-state index contributed by atoms with van der Waals surface area (Å²) in [6.07, 6.45) is 7.54. The van der Waals surface area contributed by atoms with Gasteiger partial charge in [-0.1, -0.05) is 62.2 Å². The minimum atomic E-state index is 1.00. The van der Waals surface area contributed by atoms with Crippen LogP contribution < -0.4 is 0 Å². The summed E-state index contributed by atoms with van der Waals surface area (Å²) < 4.78 is 1.27. The van der Waals surface area contributed by atoms with Crippen LogP contribution in [0.1, 0.15) is 10.4 Å². The molecule has 1 aromatic carbocycles. The van der Waals surface area contributed by atoms with Crippen LogP contribution in [0.4, 0.5) is 0 Å². The van der Waals surface area contributed by atoms with Crippen LogP contribution in [0.5, 0.6) is 0 Å². The van der Waals surface area contributed by atoms with Gasteiger partial charge in [0.15, 0.2) is 0 Å². The third-order valence-electron chi connectivity index (χ3n) is 2.56. The summed E-state index contributed by atoms with van der Waals surface area (Å²) >= 11 is 1.75. The molecule has 0 bridgehead atoms. The van der Waals surface area contributed by atoms with E-state index >= 15 is 0 Å². The Balaban J connectivity index is 2.61. The average molecular weight is 238 g/mol. The summed E-state index contributed by atoms with van der Waals surface area (Å²) in [5, 5.41) is 1.25. The molecule has 0 spiro atoms. The van der Waals surface area contributed by atoms with Gasteiger partial charge in [-0.05, 0) is 11.6 Å². The Kier molecular flexibility index (Phi) is 3.40. The molecule has 1 heteroatoms. The molecule has 1 heterocycles. The average Bonchev–Trinajstić information content (AvgIpc) is 2.74. The van der Waals surface area contributed by atoms with E-state index in [9.17, 15) is 0 Å². The smallest absolute Gasteiger partial charge is 0.0421 e. The predicted octanol–water partition coefficient (Wildman–Crippen LogP) is 5.30. The standard InChI is InChI=1S/C16H14S/c1-4-6-9-12(3)16-13(5-2)14-10-7-8-11-15(14)17-16/h4-11H,1-3H2. The molecule has 0 saturated carbocycles. The van der Waals surface area contributed by atoms with Gasteiger partial charge >= 0.3 is 0 Å². The van der Waals surface area contributed by atoms with Crippen LogP contribution in [-0.4, -0.2) is 0 Å². The number of hydrogen-bond acceptors (Lipinski definition) is 1. The monoisotopic (exact) mass is 238 g/mol. The Morgan fingerprint density at radius 1 is 1.18 bits per heavy atom. The third-order valence-corrected chi connectivity index (χ3v) is 3.83. The molecular weight excluding hydrogens is 224 g/mol. The van der Waals surface area contributed by atoms with Crippen LogP contribution in [0.3, 0.4) is 0 Å². The third kappa shape index (κ3) is 2.15. The zero-order valence-electron chi connectivity index (χ0n) is 9.65. The topological polar surface area (TPSA) is 0 Å². The summed E-state index contributed by atoms with van der Waals surface area (Å²) in [7, 11) is 0. The van der Waals surface area contributed by atoms with E-state index < -0.39 is 0 Å². The molecule has 0 saturated heterocycles. The maximum absolute atomic E-state index is 4.09. The highest BCUT2D eigenvalue weighted by Crippen LogP contribution is 2.36. The van der Waals surface area contributed by atoms with Gasteiger partial charge in [0.25, 0.3) is 0 Å². The van der Waals surface area contributed by atoms with Gasteiger partial charge in [0.1, 0.15) is 0 Å². The minimum absolute atomic E-state index is 1.00. The first-order valence-electron chi connectivity index (χ1n) is 5.40. The molecule has 0 fully saturated rings. The molecule has 0 radical (unpaired) electrons. The number of allylic oxidation sites excluding steroid dienone is 4. The SMILES string of the molecule is C=CC=CC(=C)c1sc2ccccc2c1C=C. The Labute approximate surface area is 106 Å². The molecule has 0 atom stereocenters. The van der Waals surface area contributed by atoms with E-state index in [1.807, 2.05) is 24.3 Å². The van der Waals surface area contributed by atoms with Crippen LogP contribution in [0.25, 0.3) is 21.7 Å². The lowest BCUT2D eigenvalue weighted by molar-refractivity contribution is 1.79. The van der Waals surface area contributed by atoms with E-state index in [0.717, 1.165) is 5.57 Å². The van der Waals surface area contributed by atoms with Crippen LogP contribution in [0.2, 0.25) is 0 Å².